The molecule has 1 saturated heterocycles. The van der Waals surface area contributed by atoms with Crippen molar-refractivity contribution in [2.75, 3.05) is 23.3 Å². The Balaban J connectivity index is 1.35. The number of hydrogen-bond donors (Lipinski definition) is 1. The third-order valence-corrected chi connectivity index (χ3v) is 5.94. The van der Waals surface area contributed by atoms with Crippen molar-refractivity contribution in [1.29, 1.82) is 0 Å². The zero-order chi connectivity index (χ0) is 20.2. The van der Waals surface area contributed by atoms with Crippen molar-refractivity contribution in [2.45, 2.75) is 12.8 Å². The van der Waals surface area contributed by atoms with E-state index in [9.17, 15) is 14.9 Å². The molecule has 0 bridgehead atoms. The van der Waals surface area contributed by atoms with Crippen LogP contribution in [0.25, 0.3) is 10.6 Å². The van der Waals surface area contributed by atoms with Crippen LogP contribution in [0.1, 0.15) is 12.8 Å². The predicted molar refractivity (Wildman–Crippen MR) is 114 cm³/mol. The summed E-state index contributed by atoms with van der Waals surface area (Å²) < 4.78 is 0. The number of carbonyl (C=O) groups excluding carboxylic acids is 1. The maximum atomic E-state index is 12.7. The van der Waals surface area contributed by atoms with Crippen LogP contribution in [-0.4, -0.2) is 28.9 Å². The van der Waals surface area contributed by atoms with E-state index in [2.05, 4.69) is 10.3 Å². The SMILES string of the molecule is O=C(Nc1ccc(-c2nccs2)cc1)C1CCN(c2ccccc2[N+](=O)[O-])CC1. The molecule has 7 nitrogen and oxygen atoms in total. The summed E-state index contributed by atoms with van der Waals surface area (Å²) >= 11 is 1.57. The number of rotatable bonds is 5. The van der Waals surface area contributed by atoms with Gasteiger partial charge in [0.25, 0.3) is 5.69 Å². The lowest BCUT2D eigenvalue weighted by Crippen LogP contribution is -2.38. The summed E-state index contributed by atoms with van der Waals surface area (Å²) in [5, 5.41) is 17.1. The lowest BCUT2D eigenvalue weighted by atomic mass is 9.95. The Kier molecular flexibility index (Phi) is 5.53. The number of para-hydroxylation sites is 2. The lowest BCUT2D eigenvalue weighted by Gasteiger charge is -2.32. The fourth-order valence-electron chi connectivity index (χ4n) is 3.58. The number of benzene rings is 2. The molecule has 1 aliphatic rings. The number of nitrogens with one attached hydrogen (secondary N) is 1. The van der Waals surface area contributed by atoms with Crippen molar-refractivity contribution in [3.05, 3.63) is 70.2 Å². The molecule has 2 heterocycles. The van der Waals surface area contributed by atoms with E-state index in [1.165, 1.54) is 6.07 Å². The molecule has 0 saturated carbocycles. The number of nitrogens with zero attached hydrogens (tertiary/aromatic N) is 3. The maximum Gasteiger partial charge on any atom is 0.292 e. The van der Waals surface area contributed by atoms with Gasteiger partial charge in [0.1, 0.15) is 10.7 Å². The fraction of sp³-hybridized carbons (Fsp3) is 0.238. The molecular weight excluding hydrogens is 388 g/mol. The third kappa shape index (κ3) is 4.27. The number of amides is 1. The highest BCUT2D eigenvalue weighted by Crippen LogP contribution is 2.31. The van der Waals surface area contributed by atoms with E-state index in [4.69, 9.17) is 0 Å². The minimum absolute atomic E-state index is 0.00536. The molecule has 4 rings (SSSR count). The standard InChI is InChI=1S/C21H20N4O3S/c26-20(23-17-7-5-16(6-8-17)21-22-11-14-29-21)15-9-12-24(13-10-15)18-3-1-2-4-19(18)25(27)28/h1-8,11,14-15H,9-10,12-13H2,(H,23,26). The summed E-state index contributed by atoms with van der Waals surface area (Å²) in [5.41, 5.74) is 2.51. The zero-order valence-electron chi connectivity index (χ0n) is 15.7. The first-order valence-corrected chi connectivity index (χ1v) is 10.3. The van der Waals surface area contributed by atoms with Gasteiger partial charge in [-0.3, -0.25) is 14.9 Å². The fourth-order valence-corrected chi connectivity index (χ4v) is 4.22. The molecular formula is C21H20N4O3S. The first-order valence-electron chi connectivity index (χ1n) is 9.41. The van der Waals surface area contributed by atoms with Crippen molar-refractivity contribution in [3.8, 4) is 10.6 Å². The highest BCUT2D eigenvalue weighted by molar-refractivity contribution is 7.13. The quantitative estimate of drug-likeness (QED) is 0.493. The summed E-state index contributed by atoms with van der Waals surface area (Å²) in [5.74, 6) is -0.109. The average molecular weight is 408 g/mol. The Bertz CT molecular complexity index is 997. The summed E-state index contributed by atoms with van der Waals surface area (Å²) in [6, 6.07) is 14.4. The Morgan fingerprint density at radius 2 is 1.86 bits per heavy atom. The van der Waals surface area contributed by atoms with Gasteiger partial charge in [-0.05, 0) is 43.2 Å². The van der Waals surface area contributed by atoms with Gasteiger partial charge >= 0.3 is 0 Å². The molecule has 0 unspecified atom stereocenters. The van der Waals surface area contributed by atoms with Crippen LogP contribution >= 0.6 is 11.3 Å². The molecule has 3 aromatic rings. The van der Waals surface area contributed by atoms with Gasteiger partial charge in [-0.15, -0.1) is 11.3 Å². The number of nitro groups is 1. The van der Waals surface area contributed by atoms with Gasteiger partial charge in [0.15, 0.2) is 0 Å². The Labute approximate surface area is 172 Å². The maximum absolute atomic E-state index is 12.7. The third-order valence-electron chi connectivity index (χ3n) is 5.12. The first kappa shape index (κ1) is 19.1. The summed E-state index contributed by atoms with van der Waals surface area (Å²) in [6.07, 6.45) is 3.09. The van der Waals surface area contributed by atoms with E-state index < -0.39 is 0 Å². The van der Waals surface area contributed by atoms with Crippen molar-refractivity contribution in [3.63, 3.8) is 0 Å². The van der Waals surface area contributed by atoms with E-state index in [-0.39, 0.29) is 22.4 Å². The van der Waals surface area contributed by atoms with Crippen LogP contribution in [0, 0.1) is 16.0 Å². The van der Waals surface area contributed by atoms with Crippen LogP contribution in [0.2, 0.25) is 0 Å². The molecule has 29 heavy (non-hydrogen) atoms. The van der Waals surface area contributed by atoms with Gasteiger partial charge in [0, 0.05) is 47.9 Å². The van der Waals surface area contributed by atoms with E-state index in [1.54, 1.807) is 35.7 Å². The molecule has 0 atom stereocenters. The van der Waals surface area contributed by atoms with Crippen LogP contribution in [0.3, 0.4) is 0 Å². The molecule has 1 N–H and O–H groups in total. The largest absolute Gasteiger partial charge is 0.366 e. The van der Waals surface area contributed by atoms with Crippen LogP contribution in [0.5, 0.6) is 0 Å². The lowest BCUT2D eigenvalue weighted by molar-refractivity contribution is -0.384. The second kappa shape index (κ2) is 8.40. The molecule has 0 radical (unpaired) electrons. The Morgan fingerprint density at radius 3 is 2.52 bits per heavy atom. The molecule has 1 aromatic heterocycles. The molecule has 1 aliphatic heterocycles. The molecule has 1 fully saturated rings. The molecule has 0 spiro atoms. The van der Waals surface area contributed by atoms with E-state index >= 15 is 0 Å². The van der Waals surface area contributed by atoms with Crippen molar-refractivity contribution >= 4 is 34.3 Å². The number of carbonyl (C=O) groups is 1. The zero-order valence-corrected chi connectivity index (χ0v) is 16.5. The Hall–Kier alpha value is -3.26. The Morgan fingerprint density at radius 1 is 1.14 bits per heavy atom. The number of hydrogen-bond acceptors (Lipinski definition) is 6. The van der Waals surface area contributed by atoms with Crippen LogP contribution < -0.4 is 10.2 Å². The molecule has 148 valence electrons. The van der Waals surface area contributed by atoms with Gasteiger partial charge in [0.2, 0.25) is 5.91 Å². The van der Waals surface area contributed by atoms with Crippen molar-refractivity contribution < 1.29 is 9.72 Å². The van der Waals surface area contributed by atoms with Gasteiger partial charge in [-0.1, -0.05) is 12.1 Å². The highest BCUT2D eigenvalue weighted by Gasteiger charge is 2.28. The number of anilines is 2. The number of thiazole rings is 1. The smallest absolute Gasteiger partial charge is 0.292 e. The molecule has 0 aliphatic carbocycles. The summed E-state index contributed by atoms with van der Waals surface area (Å²) in [6.45, 7) is 1.23. The topological polar surface area (TPSA) is 88.4 Å². The van der Waals surface area contributed by atoms with Gasteiger partial charge < -0.3 is 10.2 Å². The van der Waals surface area contributed by atoms with Crippen LogP contribution in [0.4, 0.5) is 17.1 Å². The summed E-state index contributed by atoms with van der Waals surface area (Å²) in [4.78, 5) is 29.8. The normalized spacial score (nSPS) is 14.6. The molecule has 8 heteroatoms. The number of nitro benzene ring substituents is 1. The van der Waals surface area contributed by atoms with Crippen LogP contribution in [0.15, 0.2) is 60.1 Å². The minimum Gasteiger partial charge on any atom is -0.366 e. The average Bonchev–Trinajstić information content (AvgIpc) is 3.29. The molecule has 1 amide bonds. The van der Waals surface area contributed by atoms with E-state index in [0.717, 1.165) is 16.3 Å². The van der Waals surface area contributed by atoms with Crippen molar-refractivity contribution in [1.82, 2.24) is 4.98 Å². The van der Waals surface area contributed by atoms with Crippen LogP contribution in [-0.2, 0) is 4.79 Å². The number of aromatic nitrogens is 1. The van der Waals surface area contributed by atoms with Gasteiger partial charge in [-0.25, -0.2) is 4.98 Å². The predicted octanol–water partition coefficient (Wildman–Crippen LogP) is 4.57. The monoisotopic (exact) mass is 408 g/mol. The second-order valence-electron chi connectivity index (χ2n) is 6.91. The van der Waals surface area contributed by atoms with Gasteiger partial charge in [0.05, 0.1) is 4.92 Å². The first-order chi connectivity index (χ1) is 14.1. The summed E-state index contributed by atoms with van der Waals surface area (Å²) in [7, 11) is 0. The van der Waals surface area contributed by atoms with E-state index in [1.807, 2.05) is 34.5 Å². The molecule has 2 aromatic carbocycles. The number of piperidine rings is 1. The minimum atomic E-state index is -0.358. The van der Waals surface area contributed by atoms with Crippen molar-refractivity contribution in [2.24, 2.45) is 5.92 Å². The second-order valence-corrected chi connectivity index (χ2v) is 7.81. The highest BCUT2D eigenvalue weighted by atomic mass is 32.1. The van der Waals surface area contributed by atoms with E-state index in [0.29, 0.717) is 31.6 Å². The van der Waals surface area contributed by atoms with Gasteiger partial charge in [-0.2, -0.15) is 0 Å².